The number of alkyl halides is 2. The number of esters is 1. The highest BCUT2D eigenvalue weighted by Crippen LogP contribution is 2.31. The monoisotopic (exact) mass is 280 g/mol. The second kappa shape index (κ2) is 5.67. The third kappa shape index (κ3) is 2.89. The quantitative estimate of drug-likeness (QED) is 0.366. The molecule has 9 heteroatoms. The Morgan fingerprint density at radius 3 is 2.72 bits per heavy atom. The van der Waals surface area contributed by atoms with Gasteiger partial charge in [-0.2, -0.15) is 0 Å². The normalized spacial score (nSPS) is 10.5. The van der Waals surface area contributed by atoms with Gasteiger partial charge in [0.25, 0.3) is 12.1 Å². The zero-order chi connectivity index (χ0) is 13.9. The first-order chi connectivity index (χ1) is 8.38. The Kier molecular flexibility index (Phi) is 4.49. The number of rotatable bonds is 4. The highest BCUT2D eigenvalue weighted by molar-refractivity contribution is 6.32. The van der Waals surface area contributed by atoms with E-state index in [0.717, 1.165) is 0 Å². The lowest BCUT2D eigenvalue weighted by Crippen LogP contribution is -2.09. The lowest BCUT2D eigenvalue weighted by molar-refractivity contribution is -0.386. The second-order valence-corrected chi connectivity index (χ2v) is 3.37. The van der Waals surface area contributed by atoms with Crippen LogP contribution < -0.4 is 0 Å². The average molecular weight is 281 g/mol. The molecule has 0 saturated heterocycles. The molecule has 0 saturated carbocycles. The predicted octanol–water partition coefficient (Wildman–Crippen LogP) is 2.76. The van der Waals surface area contributed by atoms with E-state index in [0.29, 0.717) is 6.07 Å². The van der Waals surface area contributed by atoms with Crippen molar-refractivity contribution < 1.29 is 23.2 Å². The minimum Gasteiger partial charge on any atom is -0.462 e. The van der Waals surface area contributed by atoms with E-state index >= 15 is 0 Å². The van der Waals surface area contributed by atoms with Crippen LogP contribution in [0.2, 0.25) is 5.15 Å². The highest BCUT2D eigenvalue weighted by atomic mass is 35.5. The van der Waals surface area contributed by atoms with Gasteiger partial charge >= 0.3 is 5.97 Å². The molecule has 18 heavy (non-hydrogen) atoms. The predicted molar refractivity (Wildman–Crippen MR) is 56.8 cm³/mol. The molecule has 0 bridgehead atoms. The zero-order valence-corrected chi connectivity index (χ0v) is 9.78. The highest BCUT2D eigenvalue weighted by Gasteiger charge is 2.28. The van der Waals surface area contributed by atoms with Crippen LogP contribution in [0.1, 0.15) is 29.4 Å². The van der Waals surface area contributed by atoms with Crippen LogP contribution in [0.15, 0.2) is 6.07 Å². The fourth-order valence-corrected chi connectivity index (χ4v) is 1.38. The Hall–Kier alpha value is -1.83. The molecule has 0 unspecified atom stereocenters. The third-order valence-electron chi connectivity index (χ3n) is 1.88. The largest absolute Gasteiger partial charge is 0.462 e. The van der Waals surface area contributed by atoms with Crippen molar-refractivity contribution in [1.29, 1.82) is 0 Å². The molecule has 0 fully saturated rings. The zero-order valence-electron chi connectivity index (χ0n) is 9.02. The van der Waals surface area contributed by atoms with Gasteiger partial charge in [-0.3, -0.25) is 10.1 Å². The van der Waals surface area contributed by atoms with E-state index in [4.69, 9.17) is 11.6 Å². The van der Waals surface area contributed by atoms with Crippen LogP contribution in [0.4, 0.5) is 14.5 Å². The van der Waals surface area contributed by atoms with E-state index in [9.17, 15) is 23.7 Å². The Morgan fingerprint density at radius 1 is 1.67 bits per heavy atom. The van der Waals surface area contributed by atoms with Crippen LogP contribution in [0.5, 0.6) is 0 Å². The smallest absolute Gasteiger partial charge is 0.341 e. The molecule has 0 amide bonds. The summed E-state index contributed by atoms with van der Waals surface area (Å²) in [7, 11) is 0. The van der Waals surface area contributed by atoms with Gasteiger partial charge < -0.3 is 4.74 Å². The Morgan fingerprint density at radius 2 is 2.28 bits per heavy atom. The number of hydrogen-bond donors (Lipinski definition) is 0. The number of hydrogen-bond acceptors (Lipinski definition) is 5. The number of nitro groups is 1. The molecule has 0 aliphatic heterocycles. The average Bonchev–Trinajstić information content (AvgIpc) is 2.28. The molecule has 1 rings (SSSR count). The summed E-state index contributed by atoms with van der Waals surface area (Å²) < 4.78 is 29.6. The van der Waals surface area contributed by atoms with Crippen LogP contribution in [-0.2, 0) is 4.74 Å². The SMILES string of the molecule is CCOC(=O)c1cc([N+](=O)[O-])c(C(F)F)nc1Cl. The summed E-state index contributed by atoms with van der Waals surface area (Å²) in [6.45, 7) is 1.53. The van der Waals surface area contributed by atoms with Crippen LogP contribution >= 0.6 is 11.6 Å². The van der Waals surface area contributed by atoms with Crippen molar-refractivity contribution in [3.8, 4) is 0 Å². The molecule has 1 aromatic rings. The minimum atomic E-state index is -3.17. The van der Waals surface area contributed by atoms with Gasteiger partial charge in [-0.15, -0.1) is 0 Å². The standard InChI is InChI=1S/C9H7ClF2N2O4/c1-2-18-9(15)4-3-5(14(16)17)6(8(11)12)13-7(4)10/h3,8H,2H2,1H3. The van der Waals surface area contributed by atoms with Crippen molar-refractivity contribution in [3.05, 3.63) is 32.6 Å². The van der Waals surface area contributed by atoms with Crippen LogP contribution in [0.25, 0.3) is 0 Å². The fourth-order valence-electron chi connectivity index (χ4n) is 1.15. The van der Waals surface area contributed by atoms with Crippen molar-refractivity contribution in [2.75, 3.05) is 6.61 Å². The van der Waals surface area contributed by atoms with Gasteiger partial charge in [-0.1, -0.05) is 11.6 Å². The second-order valence-electron chi connectivity index (χ2n) is 3.01. The van der Waals surface area contributed by atoms with Gasteiger partial charge in [0.1, 0.15) is 10.7 Å². The topological polar surface area (TPSA) is 82.3 Å². The van der Waals surface area contributed by atoms with E-state index in [1.165, 1.54) is 6.92 Å². The summed E-state index contributed by atoms with van der Waals surface area (Å²) in [5, 5.41) is 10.0. The fraction of sp³-hybridized carbons (Fsp3) is 0.333. The molecule has 0 radical (unpaired) electrons. The maximum atomic E-state index is 12.5. The van der Waals surface area contributed by atoms with Gasteiger partial charge in [-0.05, 0) is 6.92 Å². The molecule has 0 spiro atoms. The molecule has 0 aromatic carbocycles. The van der Waals surface area contributed by atoms with Crippen LogP contribution in [0.3, 0.4) is 0 Å². The molecule has 0 atom stereocenters. The van der Waals surface area contributed by atoms with Gasteiger partial charge in [-0.25, -0.2) is 18.6 Å². The summed E-state index contributed by atoms with van der Waals surface area (Å²) in [4.78, 5) is 24.1. The molecular formula is C9H7ClF2N2O4. The molecular weight excluding hydrogens is 274 g/mol. The van der Waals surface area contributed by atoms with Crippen LogP contribution in [-0.4, -0.2) is 22.5 Å². The number of nitrogens with zero attached hydrogens (tertiary/aromatic N) is 2. The van der Waals surface area contributed by atoms with E-state index in [-0.39, 0.29) is 6.61 Å². The first kappa shape index (κ1) is 14.2. The molecule has 98 valence electrons. The summed E-state index contributed by atoms with van der Waals surface area (Å²) >= 11 is 5.51. The van der Waals surface area contributed by atoms with Gasteiger partial charge in [0.15, 0.2) is 5.69 Å². The Balaban J connectivity index is 3.36. The van der Waals surface area contributed by atoms with Crippen molar-refractivity contribution >= 4 is 23.3 Å². The van der Waals surface area contributed by atoms with Gasteiger partial charge in [0, 0.05) is 6.07 Å². The Labute approximate surface area is 105 Å². The van der Waals surface area contributed by atoms with Crippen LogP contribution in [0, 0.1) is 10.1 Å². The van der Waals surface area contributed by atoms with Crippen molar-refractivity contribution in [3.63, 3.8) is 0 Å². The van der Waals surface area contributed by atoms with E-state index in [1.54, 1.807) is 0 Å². The van der Waals surface area contributed by atoms with E-state index < -0.39 is 39.4 Å². The maximum absolute atomic E-state index is 12.5. The third-order valence-corrected chi connectivity index (χ3v) is 2.17. The summed E-state index contributed by atoms with van der Waals surface area (Å²) in [6.07, 6.45) is -3.17. The first-order valence-electron chi connectivity index (χ1n) is 4.68. The lowest BCUT2D eigenvalue weighted by atomic mass is 10.2. The summed E-state index contributed by atoms with van der Waals surface area (Å²) in [5.41, 5.74) is -2.48. The molecule has 1 heterocycles. The summed E-state index contributed by atoms with van der Waals surface area (Å²) in [6, 6.07) is 0.634. The number of carbonyl (C=O) groups is 1. The maximum Gasteiger partial charge on any atom is 0.341 e. The number of ether oxygens (including phenoxy) is 1. The molecule has 0 aliphatic carbocycles. The number of pyridine rings is 1. The van der Waals surface area contributed by atoms with Gasteiger partial charge in [0.2, 0.25) is 0 Å². The number of carbonyl (C=O) groups excluding carboxylic acids is 1. The molecule has 1 aromatic heterocycles. The van der Waals surface area contributed by atoms with Crippen molar-refractivity contribution in [2.45, 2.75) is 13.3 Å². The number of halogens is 3. The molecule has 6 nitrogen and oxygen atoms in total. The van der Waals surface area contributed by atoms with Crippen molar-refractivity contribution in [2.24, 2.45) is 0 Å². The van der Waals surface area contributed by atoms with Crippen molar-refractivity contribution in [1.82, 2.24) is 4.98 Å². The minimum absolute atomic E-state index is 0.0135. The van der Waals surface area contributed by atoms with E-state index in [1.807, 2.05) is 0 Å². The van der Waals surface area contributed by atoms with Gasteiger partial charge in [0.05, 0.1) is 11.5 Å². The summed E-state index contributed by atoms with van der Waals surface area (Å²) in [5.74, 6) is -0.959. The Bertz CT molecular complexity index is 496. The first-order valence-corrected chi connectivity index (χ1v) is 5.06. The molecule has 0 N–H and O–H groups in total. The lowest BCUT2D eigenvalue weighted by Gasteiger charge is -2.06. The molecule has 0 aliphatic rings. The van der Waals surface area contributed by atoms with E-state index in [2.05, 4.69) is 9.72 Å². The number of aromatic nitrogens is 1.